The Morgan fingerprint density at radius 1 is 1.25 bits per heavy atom. The molecular formula is C10H19NO. The van der Waals surface area contributed by atoms with Gasteiger partial charge < -0.3 is 5.11 Å². The predicted octanol–water partition coefficient (Wildman–Crippen LogP) is 1.39. The molecule has 0 saturated carbocycles. The maximum Gasteiger partial charge on any atom is 0.0774 e. The van der Waals surface area contributed by atoms with E-state index < -0.39 is 5.60 Å². The van der Waals surface area contributed by atoms with E-state index in [2.05, 4.69) is 4.90 Å². The third-order valence-electron chi connectivity index (χ3n) is 3.46. The smallest absolute Gasteiger partial charge is 0.0774 e. The van der Waals surface area contributed by atoms with Crippen molar-refractivity contribution < 1.29 is 5.11 Å². The molecule has 2 nitrogen and oxygen atoms in total. The van der Waals surface area contributed by atoms with E-state index in [4.69, 9.17) is 0 Å². The molecule has 0 amide bonds. The van der Waals surface area contributed by atoms with Crippen LogP contribution in [0.15, 0.2) is 0 Å². The first-order valence-corrected chi connectivity index (χ1v) is 5.16. The van der Waals surface area contributed by atoms with Gasteiger partial charge in [0, 0.05) is 6.04 Å². The fourth-order valence-electron chi connectivity index (χ4n) is 2.77. The van der Waals surface area contributed by atoms with Gasteiger partial charge in [-0.3, -0.25) is 4.90 Å². The number of aliphatic hydroxyl groups is 1. The third-order valence-corrected chi connectivity index (χ3v) is 3.46. The molecule has 2 heterocycles. The van der Waals surface area contributed by atoms with Gasteiger partial charge >= 0.3 is 0 Å². The highest BCUT2D eigenvalue weighted by Crippen LogP contribution is 2.33. The minimum absolute atomic E-state index is 0.404. The van der Waals surface area contributed by atoms with Crippen LogP contribution in [0.2, 0.25) is 0 Å². The first-order valence-electron chi connectivity index (χ1n) is 5.16. The molecule has 12 heavy (non-hydrogen) atoms. The van der Waals surface area contributed by atoms with Gasteiger partial charge in [0.15, 0.2) is 0 Å². The van der Waals surface area contributed by atoms with Crippen LogP contribution in [0.1, 0.15) is 39.0 Å². The number of rotatable bonds is 0. The molecule has 2 fully saturated rings. The fraction of sp³-hybridized carbons (Fsp3) is 1.00. The lowest BCUT2D eigenvalue weighted by atomic mass is 9.81. The summed E-state index contributed by atoms with van der Waals surface area (Å²) >= 11 is 0. The van der Waals surface area contributed by atoms with Gasteiger partial charge in [0.25, 0.3) is 0 Å². The van der Waals surface area contributed by atoms with Gasteiger partial charge in [-0.15, -0.1) is 0 Å². The highest BCUT2D eigenvalue weighted by atomic mass is 16.3. The number of nitrogens with zero attached hydrogens (tertiary/aromatic N) is 1. The van der Waals surface area contributed by atoms with Crippen LogP contribution in [0.5, 0.6) is 0 Å². The fourth-order valence-corrected chi connectivity index (χ4v) is 2.77. The van der Waals surface area contributed by atoms with E-state index in [9.17, 15) is 5.11 Å². The monoisotopic (exact) mass is 169 g/mol. The van der Waals surface area contributed by atoms with Crippen molar-refractivity contribution in [1.82, 2.24) is 4.90 Å². The summed E-state index contributed by atoms with van der Waals surface area (Å²) in [7, 11) is 0. The molecule has 0 spiro atoms. The first-order chi connectivity index (χ1) is 5.70. The molecule has 1 N–H and O–H groups in total. The van der Waals surface area contributed by atoms with Gasteiger partial charge in [-0.05, 0) is 45.7 Å². The Kier molecular flexibility index (Phi) is 2.13. The van der Waals surface area contributed by atoms with Crippen molar-refractivity contribution in [2.75, 3.05) is 13.1 Å². The van der Waals surface area contributed by atoms with Crippen LogP contribution >= 0.6 is 0 Å². The van der Waals surface area contributed by atoms with Crippen LogP contribution in [-0.4, -0.2) is 34.7 Å². The summed E-state index contributed by atoms with van der Waals surface area (Å²) < 4.78 is 0. The second-order valence-electron chi connectivity index (χ2n) is 4.51. The van der Waals surface area contributed by atoms with E-state index in [1.165, 1.54) is 38.8 Å². The highest BCUT2D eigenvalue weighted by Gasteiger charge is 2.40. The van der Waals surface area contributed by atoms with Gasteiger partial charge in [0.2, 0.25) is 0 Å². The van der Waals surface area contributed by atoms with E-state index in [-0.39, 0.29) is 0 Å². The van der Waals surface area contributed by atoms with Crippen LogP contribution in [0.4, 0.5) is 0 Å². The second kappa shape index (κ2) is 3.00. The molecule has 0 radical (unpaired) electrons. The Hall–Kier alpha value is -0.0800. The molecule has 2 atom stereocenters. The Morgan fingerprint density at radius 3 is 2.75 bits per heavy atom. The average Bonchev–Trinajstić information content (AvgIpc) is 2.04. The summed E-state index contributed by atoms with van der Waals surface area (Å²) in [5.41, 5.74) is -0.404. The number of piperidine rings is 2. The zero-order chi connectivity index (χ0) is 8.60. The Morgan fingerprint density at radius 2 is 2.00 bits per heavy atom. The normalized spacial score (nSPS) is 44.0. The van der Waals surface area contributed by atoms with Gasteiger partial charge in [0.05, 0.1) is 5.60 Å². The molecule has 2 heteroatoms. The molecule has 0 unspecified atom stereocenters. The molecule has 2 aliphatic rings. The van der Waals surface area contributed by atoms with Gasteiger partial charge in [-0.1, -0.05) is 6.42 Å². The lowest BCUT2D eigenvalue weighted by molar-refractivity contribution is -0.0811. The van der Waals surface area contributed by atoms with Crippen molar-refractivity contribution in [3.8, 4) is 0 Å². The quantitative estimate of drug-likeness (QED) is 0.592. The van der Waals surface area contributed by atoms with Crippen molar-refractivity contribution in [3.63, 3.8) is 0 Å². The maximum absolute atomic E-state index is 10.1. The minimum atomic E-state index is -0.404. The average molecular weight is 169 g/mol. The van der Waals surface area contributed by atoms with Crippen molar-refractivity contribution in [3.05, 3.63) is 0 Å². The van der Waals surface area contributed by atoms with Crippen molar-refractivity contribution in [2.45, 2.75) is 50.7 Å². The molecule has 0 aromatic carbocycles. The summed E-state index contributed by atoms with van der Waals surface area (Å²) in [5.74, 6) is 0. The minimum Gasteiger partial charge on any atom is -0.389 e. The lowest BCUT2D eigenvalue weighted by Crippen LogP contribution is -2.56. The molecule has 70 valence electrons. The Labute approximate surface area is 74.6 Å². The van der Waals surface area contributed by atoms with Crippen LogP contribution in [0.3, 0.4) is 0 Å². The summed E-state index contributed by atoms with van der Waals surface area (Å²) in [6, 6.07) is 0.458. The highest BCUT2D eigenvalue weighted by molar-refractivity contribution is 4.95. The van der Waals surface area contributed by atoms with Crippen molar-refractivity contribution in [2.24, 2.45) is 0 Å². The zero-order valence-corrected chi connectivity index (χ0v) is 7.92. The van der Waals surface area contributed by atoms with E-state index >= 15 is 0 Å². The molecule has 2 aliphatic heterocycles. The number of hydrogen-bond acceptors (Lipinski definition) is 2. The van der Waals surface area contributed by atoms with Crippen LogP contribution in [0.25, 0.3) is 0 Å². The van der Waals surface area contributed by atoms with Crippen molar-refractivity contribution in [1.29, 1.82) is 0 Å². The second-order valence-corrected chi connectivity index (χ2v) is 4.51. The summed E-state index contributed by atoms with van der Waals surface area (Å²) in [6.07, 6.45) is 5.99. The summed E-state index contributed by atoms with van der Waals surface area (Å²) in [5, 5.41) is 10.1. The van der Waals surface area contributed by atoms with E-state index in [0.29, 0.717) is 6.04 Å². The van der Waals surface area contributed by atoms with Crippen LogP contribution in [-0.2, 0) is 0 Å². The first kappa shape index (κ1) is 8.52. The zero-order valence-electron chi connectivity index (χ0n) is 7.92. The summed E-state index contributed by atoms with van der Waals surface area (Å²) in [6.45, 7) is 4.43. The standard InChI is InChI=1S/C10H19NO/c1-10(12)6-4-8-11-7-3-2-5-9(10)11/h9,12H,2-8H2,1H3/t9-,10-/m0/s1. The number of hydrogen-bond donors (Lipinski definition) is 1. The molecular weight excluding hydrogens is 150 g/mol. The topological polar surface area (TPSA) is 23.5 Å². The lowest BCUT2D eigenvalue weighted by Gasteiger charge is -2.47. The molecule has 0 aromatic heterocycles. The van der Waals surface area contributed by atoms with Crippen LogP contribution < -0.4 is 0 Å². The van der Waals surface area contributed by atoms with Crippen molar-refractivity contribution >= 4 is 0 Å². The van der Waals surface area contributed by atoms with Gasteiger partial charge in [0.1, 0.15) is 0 Å². The molecule has 0 bridgehead atoms. The van der Waals surface area contributed by atoms with Gasteiger partial charge in [-0.2, -0.15) is 0 Å². The largest absolute Gasteiger partial charge is 0.389 e. The van der Waals surface area contributed by atoms with Gasteiger partial charge in [-0.25, -0.2) is 0 Å². The molecule has 2 rings (SSSR count). The SMILES string of the molecule is C[C@]1(O)CCCN2CCCC[C@H]21. The number of fused-ring (bicyclic) bond motifs is 1. The molecule has 0 aromatic rings. The third kappa shape index (κ3) is 1.38. The van der Waals surface area contributed by atoms with Crippen LogP contribution in [0, 0.1) is 0 Å². The van der Waals surface area contributed by atoms with E-state index in [1.54, 1.807) is 0 Å². The maximum atomic E-state index is 10.1. The molecule has 0 aliphatic carbocycles. The predicted molar refractivity (Wildman–Crippen MR) is 49.1 cm³/mol. The summed E-state index contributed by atoms with van der Waals surface area (Å²) in [4.78, 5) is 2.48. The van der Waals surface area contributed by atoms with E-state index in [1.807, 2.05) is 6.92 Å². The Balaban J connectivity index is 2.09. The Bertz CT molecular complexity index is 165. The van der Waals surface area contributed by atoms with E-state index in [0.717, 1.165) is 6.42 Å². The molecule has 2 saturated heterocycles.